The van der Waals surface area contributed by atoms with Crippen LogP contribution in [-0.4, -0.2) is 0 Å². The van der Waals surface area contributed by atoms with E-state index in [-0.39, 0.29) is 0 Å². The topological polar surface area (TPSA) is 0 Å². The highest BCUT2D eigenvalue weighted by atomic mass is 14.3. The Kier molecular flexibility index (Phi) is 2.34. The van der Waals surface area contributed by atoms with Crippen LogP contribution in [0.15, 0.2) is 23.3 Å². The van der Waals surface area contributed by atoms with Crippen LogP contribution in [0.4, 0.5) is 0 Å². The first-order chi connectivity index (χ1) is 5.90. The van der Waals surface area contributed by atoms with Crippen LogP contribution >= 0.6 is 0 Å². The van der Waals surface area contributed by atoms with E-state index in [0.29, 0.717) is 0 Å². The molecule has 0 spiro atoms. The quantitative estimate of drug-likeness (QED) is 0.578. The molecule has 0 amide bonds. The van der Waals surface area contributed by atoms with Crippen LogP contribution in [0.1, 0.15) is 45.4 Å². The molecular formula is C12H18. The summed E-state index contributed by atoms with van der Waals surface area (Å²) in [6.45, 7) is 2.30. The van der Waals surface area contributed by atoms with Crippen LogP contribution in [0, 0.1) is 5.92 Å². The van der Waals surface area contributed by atoms with Crippen molar-refractivity contribution in [3.63, 3.8) is 0 Å². The molecule has 0 aromatic heterocycles. The highest BCUT2D eigenvalue weighted by molar-refractivity contribution is 5.35. The van der Waals surface area contributed by atoms with Crippen LogP contribution in [0.5, 0.6) is 0 Å². The van der Waals surface area contributed by atoms with Crippen LogP contribution in [0.25, 0.3) is 0 Å². The highest BCUT2D eigenvalue weighted by Gasteiger charge is 2.20. The van der Waals surface area contributed by atoms with Gasteiger partial charge in [-0.05, 0) is 37.2 Å². The van der Waals surface area contributed by atoms with Crippen molar-refractivity contribution >= 4 is 0 Å². The fraction of sp³-hybridized carbons (Fsp3) is 0.667. The molecule has 12 heavy (non-hydrogen) atoms. The summed E-state index contributed by atoms with van der Waals surface area (Å²) in [5.41, 5.74) is 3.42. The van der Waals surface area contributed by atoms with Crippen molar-refractivity contribution in [1.82, 2.24) is 0 Å². The van der Waals surface area contributed by atoms with Crippen LogP contribution < -0.4 is 0 Å². The molecule has 0 aromatic rings. The third-order valence-electron chi connectivity index (χ3n) is 3.19. The smallest absolute Gasteiger partial charge is 0.0130 e. The fourth-order valence-electron chi connectivity index (χ4n) is 2.53. The minimum atomic E-state index is 1.01. The summed E-state index contributed by atoms with van der Waals surface area (Å²) in [7, 11) is 0. The molecule has 0 aliphatic heterocycles. The van der Waals surface area contributed by atoms with Gasteiger partial charge in [-0.15, -0.1) is 0 Å². The van der Waals surface area contributed by atoms with Crippen molar-refractivity contribution in [2.45, 2.75) is 45.4 Å². The van der Waals surface area contributed by atoms with Crippen LogP contribution in [0.2, 0.25) is 0 Å². The van der Waals surface area contributed by atoms with Gasteiger partial charge in [-0.1, -0.05) is 37.5 Å². The van der Waals surface area contributed by atoms with Gasteiger partial charge < -0.3 is 0 Å². The lowest BCUT2D eigenvalue weighted by molar-refractivity contribution is 0.422. The van der Waals surface area contributed by atoms with Crippen molar-refractivity contribution < 1.29 is 0 Å². The summed E-state index contributed by atoms with van der Waals surface area (Å²) < 4.78 is 0. The Morgan fingerprint density at radius 3 is 3.25 bits per heavy atom. The zero-order chi connectivity index (χ0) is 8.39. The fourth-order valence-corrected chi connectivity index (χ4v) is 2.53. The molecule has 2 rings (SSSR count). The van der Waals surface area contributed by atoms with E-state index in [9.17, 15) is 0 Å². The zero-order valence-electron chi connectivity index (χ0n) is 7.97. The minimum absolute atomic E-state index is 1.01. The first kappa shape index (κ1) is 8.10. The number of hydrogen-bond acceptors (Lipinski definition) is 0. The average molecular weight is 162 g/mol. The van der Waals surface area contributed by atoms with Crippen molar-refractivity contribution in [3.8, 4) is 0 Å². The Balaban J connectivity index is 1.97. The molecule has 0 N–H and O–H groups in total. The van der Waals surface area contributed by atoms with Gasteiger partial charge in [0.2, 0.25) is 0 Å². The van der Waals surface area contributed by atoms with E-state index in [1.54, 1.807) is 11.1 Å². The molecule has 0 bridgehead atoms. The molecule has 0 radical (unpaired) electrons. The van der Waals surface area contributed by atoms with E-state index in [1.807, 2.05) is 0 Å². The Hall–Kier alpha value is -0.520. The van der Waals surface area contributed by atoms with Crippen molar-refractivity contribution in [2.24, 2.45) is 5.92 Å². The van der Waals surface area contributed by atoms with Gasteiger partial charge in [0.1, 0.15) is 0 Å². The number of allylic oxidation sites excluding steroid dienone is 4. The normalized spacial score (nSPS) is 27.9. The van der Waals surface area contributed by atoms with Gasteiger partial charge in [-0.2, -0.15) is 0 Å². The van der Waals surface area contributed by atoms with Gasteiger partial charge in [0.25, 0.3) is 0 Å². The van der Waals surface area contributed by atoms with Gasteiger partial charge in [0.15, 0.2) is 0 Å². The van der Waals surface area contributed by atoms with E-state index in [1.165, 1.54) is 38.5 Å². The van der Waals surface area contributed by atoms with Gasteiger partial charge in [0, 0.05) is 0 Å². The lowest BCUT2D eigenvalue weighted by Gasteiger charge is -2.23. The molecule has 66 valence electrons. The molecule has 0 nitrogen and oxygen atoms in total. The summed E-state index contributed by atoms with van der Waals surface area (Å²) in [5.74, 6) is 1.01. The third-order valence-corrected chi connectivity index (χ3v) is 3.19. The summed E-state index contributed by atoms with van der Waals surface area (Å²) >= 11 is 0. The monoisotopic (exact) mass is 162 g/mol. The average Bonchev–Trinajstić information content (AvgIpc) is 2.51. The van der Waals surface area contributed by atoms with Crippen LogP contribution in [0.3, 0.4) is 0 Å². The molecule has 0 heterocycles. The summed E-state index contributed by atoms with van der Waals surface area (Å²) in [4.78, 5) is 0. The lowest BCUT2D eigenvalue weighted by atomic mass is 9.83. The SMILES string of the molecule is CCCC1CCC2=C(CC=C2)C1. The first-order valence-corrected chi connectivity index (χ1v) is 5.27. The van der Waals surface area contributed by atoms with E-state index >= 15 is 0 Å². The molecule has 2 aliphatic rings. The maximum absolute atomic E-state index is 2.34. The van der Waals surface area contributed by atoms with Crippen LogP contribution in [-0.2, 0) is 0 Å². The maximum atomic E-state index is 2.34. The third kappa shape index (κ3) is 1.48. The lowest BCUT2D eigenvalue weighted by Crippen LogP contribution is -2.07. The molecule has 0 fully saturated rings. The van der Waals surface area contributed by atoms with Crippen molar-refractivity contribution in [3.05, 3.63) is 23.3 Å². The second kappa shape index (κ2) is 3.47. The van der Waals surface area contributed by atoms with E-state index in [0.717, 1.165) is 5.92 Å². The van der Waals surface area contributed by atoms with Gasteiger partial charge in [0.05, 0.1) is 0 Å². The van der Waals surface area contributed by atoms with E-state index in [2.05, 4.69) is 19.1 Å². The Morgan fingerprint density at radius 2 is 2.42 bits per heavy atom. The van der Waals surface area contributed by atoms with Gasteiger partial charge >= 0.3 is 0 Å². The molecule has 1 unspecified atom stereocenters. The Labute approximate surface area is 75.4 Å². The molecule has 0 saturated heterocycles. The summed E-state index contributed by atoms with van der Waals surface area (Å²) in [5, 5.41) is 0. The largest absolute Gasteiger partial charge is 0.0802 e. The maximum Gasteiger partial charge on any atom is -0.0130 e. The first-order valence-electron chi connectivity index (χ1n) is 5.27. The molecular weight excluding hydrogens is 144 g/mol. The second-order valence-electron chi connectivity index (χ2n) is 4.13. The Morgan fingerprint density at radius 1 is 1.50 bits per heavy atom. The van der Waals surface area contributed by atoms with E-state index < -0.39 is 0 Å². The summed E-state index contributed by atoms with van der Waals surface area (Å²) in [6.07, 6.45) is 12.9. The predicted molar refractivity (Wildman–Crippen MR) is 53.0 cm³/mol. The molecule has 0 saturated carbocycles. The highest BCUT2D eigenvalue weighted by Crippen LogP contribution is 2.37. The minimum Gasteiger partial charge on any atom is -0.0802 e. The molecule has 2 aliphatic carbocycles. The van der Waals surface area contributed by atoms with E-state index in [4.69, 9.17) is 0 Å². The second-order valence-corrected chi connectivity index (χ2v) is 4.13. The van der Waals surface area contributed by atoms with Crippen molar-refractivity contribution in [1.29, 1.82) is 0 Å². The molecule has 1 atom stereocenters. The summed E-state index contributed by atoms with van der Waals surface area (Å²) in [6, 6.07) is 0. The number of hydrogen-bond donors (Lipinski definition) is 0. The predicted octanol–water partition coefficient (Wildman–Crippen LogP) is 3.84. The van der Waals surface area contributed by atoms with Crippen molar-refractivity contribution in [2.75, 3.05) is 0 Å². The molecule has 0 heteroatoms. The zero-order valence-corrected chi connectivity index (χ0v) is 7.97. The van der Waals surface area contributed by atoms with Gasteiger partial charge in [-0.3, -0.25) is 0 Å². The van der Waals surface area contributed by atoms with Gasteiger partial charge in [-0.25, -0.2) is 0 Å². The number of rotatable bonds is 2. The molecule has 0 aromatic carbocycles. The Bertz CT molecular complexity index is 220. The standard InChI is InChI=1S/C12H18/c1-2-4-10-7-8-11-5-3-6-12(11)9-10/h3,5,10H,2,4,6-9H2,1H3.